The summed E-state index contributed by atoms with van der Waals surface area (Å²) < 4.78 is 38.3. The maximum atomic E-state index is 12.9. The van der Waals surface area contributed by atoms with Crippen molar-refractivity contribution >= 4 is 22.4 Å². The molecule has 0 radical (unpaired) electrons. The van der Waals surface area contributed by atoms with Gasteiger partial charge in [-0.25, -0.2) is 0 Å². The third-order valence-electron chi connectivity index (χ3n) is 4.95. The molecule has 156 valence electrons. The van der Waals surface area contributed by atoms with Gasteiger partial charge in [0.2, 0.25) is 10.1 Å². The molecule has 1 aromatic heterocycles. The molecule has 1 amide bonds. The predicted molar refractivity (Wildman–Crippen MR) is 110 cm³/mol. The van der Waals surface area contributed by atoms with E-state index in [1.165, 1.54) is 0 Å². The van der Waals surface area contributed by atoms with Gasteiger partial charge in [-0.15, -0.1) is 10.2 Å². The van der Waals surface area contributed by atoms with Crippen LogP contribution in [0.2, 0.25) is 0 Å². The normalized spacial score (nSPS) is 15.2. The van der Waals surface area contributed by atoms with Crippen molar-refractivity contribution in [3.8, 4) is 11.1 Å². The molecule has 0 unspecified atom stereocenters. The summed E-state index contributed by atoms with van der Waals surface area (Å²) in [6.07, 6.45) is -3.84. The number of anilines is 1. The van der Waals surface area contributed by atoms with Crippen LogP contribution in [0.5, 0.6) is 0 Å². The number of carbonyl (C=O) groups excluding carboxylic acids is 1. The van der Waals surface area contributed by atoms with Crippen LogP contribution in [0.3, 0.4) is 0 Å². The molecule has 30 heavy (non-hydrogen) atoms. The summed E-state index contributed by atoms with van der Waals surface area (Å²) in [5, 5.41) is 6.22. The molecule has 0 bridgehead atoms. The van der Waals surface area contributed by atoms with Crippen molar-refractivity contribution in [3.05, 3.63) is 65.2 Å². The lowest BCUT2D eigenvalue weighted by Gasteiger charge is -2.21. The topological polar surface area (TPSA) is 49.3 Å². The number of benzene rings is 2. The van der Waals surface area contributed by atoms with Gasteiger partial charge in [-0.3, -0.25) is 4.79 Å². The van der Waals surface area contributed by atoms with Crippen LogP contribution in [0.15, 0.2) is 54.6 Å². The van der Waals surface area contributed by atoms with Crippen LogP contribution >= 0.6 is 11.3 Å². The first-order valence-electron chi connectivity index (χ1n) is 9.52. The van der Waals surface area contributed by atoms with E-state index in [-0.39, 0.29) is 11.0 Å². The Kier molecular flexibility index (Phi) is 5.72. The first-order chi connectivity index (χ1) is 14.4. The van der Waals surface area contributed by atoms with Crippen LogP contribution in [-0.4, -0.2) is 47.2 Å². The van der Waals surface area contributed by atoms with Gasteiger partial charge in [0.05, 0.1) is 0 Å². The number of halogens is 3. The highest BCUT2D eigenvalue weighted by atomic mass is 32.1. The summed E-state index contributed by atoms with van der Waals surface area (Å²) in [6, 6.07) is 17.4. The molecule has 1 aliphatic heterocycles. The minimum absolute atomic E-state index is 0.0790. The Morgan fingerprint density at radius 3 is 2.23 bits per heavy atom. The second-order valence-electron chi connectivity index (χ2n) is 6.96. The van der Waals surface area contributed by atoms with Crippen LogP contribution in [0, 0.1) is 0 Å². The van der Waals surface area contributed by atoms with E-state index in [1.807, 2.05) is 54.6 Å². The number of carbonyl (C=O) groups is 1. The van der Waals surface area contributed by atoms with Crippen LogP contribution in [0.25, 0.3) is 11.1 Å². The highest BCUT2D eigenvalue weighted by molar-refractivity contribution is 7.15. The van der Waals surface area contributed by atoms with Gasteiger partial charge in [0.1, 0.15) is 0 Å². The van der Waals surface area contributed by atoms with Crippen LogP contribution < -0.4 is 4.90 Å². The zero-order chi connectivity index (χ0) is 21.1. The second kappa shape index (κ2) is 8.43. The third kappa shape index (κ3) is 4.46. The Hall–Kier alpha value is -2.94. The summed E-state index contributed by atoms with van der Waals surface area (Å²) in [4.78, 5) is 16.4. The Labute approximate surface area is 175 Å². The molecule has 5 nitrogen and oxygen atoms in total. The van der Waals surface area contributed by atoms with Gasteiger partial charge in [-0.2, -0.15) is 13.2 Å². The molecule has 0 atom stereocenters. The number of rotatable bonds is 3. The van der Waals surface area contributed by atoms with E-state index in [9.17, 15) is 18.0 Å². The monoisotopic (exact) mass is 432 g/mol. The average molecular weight is 432 g/mol. The van der Waals surface area contributed by atoms with Crippen molar-refractivity contribution in [2.75, 3.05) is 31.1 Å². The number of alkyl halides is 3. The van der Waals surface area contributed by atoms with Crippen molar-refractivity contribution in [2.24, 2.45) is 0 Å². The molecule has 0 spiro atoms. The molecule has 9 heteroatoms. The molecule has 1 fully saturated rings. The lowest BCUT2D eigenvalue weighted by molar-refractivity contribution is -0.138. The van der Waals surface area contributed by atoms with E-state index < -0.39 is 11.2 Å². The number of hydrogen-bond acceptors (Lipinski definition) is 5. The smallest absolute Gasteiger partial charge is 0.345 e. The molecule has 4 rings (SSSR count). The molecule has 2 heterocycles. The van der Waals surface area contributed by atoms with Crippen molar-refractivity contribution in [1.82, 2.24) is 15.1 Å². The van der Waals surface area contributed by atoms with Crippen LogP contribution in [0.4, 0.5) is 18.3 Å². The number of nitrogens with zero attached hydrogens (tertiary/aromatic N) is 4. The van der Waals surface area contributed by atoms with Crippen molar-refractivity contribution in [1.29, 1.82) is 0 Å². The van der Waals surface area contributed by atoms with E-state index in [0.29, 0.717) is 49.5 Å². The first-order valence-corrected chi connectivity index (χ1v) is 10.3. The van der Waals surface area contributed by atoms with Gasteiger partial charge in [-0.1, -0.05) is 53.8 Å². The molecule has 0 saturated carbocycles. The van der Waals surface area contributed by atoms with Crippen LogP contribution in [0.1, 0.15) is 21.8 Å². The highest BCUT2D eigenvalue weighted by Gasteiger charge is 2.36. The zero-order valence-electron chi connectivity index (χ0n) is 16.0. The Balaban J connectivity index is 1.42. The molecule has 1 aliphatic rings. The number of amides is 1. The lowest BCUT2D eigenvalue weighted by atomic mass is 10.0. The quantitative estimate of drug-likeness (QED) is 0.608. The van der Waals surface area contributed by atoms with Gasteiger partial charge in [0.25, 0.3) is 5.91 Å². The van der Waals surface area contributed by atoms with Gasteiger partial charge < -0.3 is 9.80 Å². The predicted octanol–water partition coefficient (Wildman–Crippen LogP) is 4.58. The lowest BCUT2D eigenvalue weighted by Crippen LogP contribution is -2.35. The van der Waals surface area contributed by atoms with Gasteiger partial charge in [0.15, 0.2) is 0 Å². The molecule has 1 saturated heterocycles. The largest absolute Gasteiger partial charge is 0.445 e. The van der Waals surface area contributed by atoms with Gasteiger partial charge in [-0.05, 0) is 29.7 Å². The fourth-order valence-corrected chi connectivity index (χ4v) is 4.15. The molecule has 3 aromatic rings. The Morgan fingerprint density at radius 2 is 1.57 bits per heavy atom. The van der Waals surface area contributed by atoms with E-state index in [4.69, 9.17) is 0 Å². The average Bonchev–Trinajstić information content (AvgIpc) is 3.14. The summed E-state index contributed by atoms with van der Waals surface area (Å²) in [7, 11) is 0. The Bertz CT molecular complexity index is 1010. The molecular weight excluding hydrogens is 413 g/mol. The second-order valence-corrected chi connectivity index (χ2v) is 7.92. The van der Waals surface area contributed by atoms with E-state index in [1.54, 1.807) is 9.80 Å². The van der Waals surface area contributed by atoms with Crippen molar-refractivity contribution in [2.45, 2.75) is 12.6 Å². The molecular formula is C21H19F3N4OS. The third-order valence-corrected chi connectivity index (χ3v) is 5.98. The minimum atomic E-state index is -4.49. The van der Waals surface area contributed by atoms with Crippen molar-refractivity contribution < 1.29 is 18.0 Å². The summed E-state index contributed by atoms with van der Waals surface area (Å²) in [5.74, 6) is -0.0790. The maximum Gasteiger partial charge on any atom is 0.445 e. The molecule has 0 aliphatic carbocycles. The minimum Gasteiger partial charge on any atom is -0.345 e. The molecule has 0 N–H and O–H groups in total. The summed E-state index contributed by atoms with van der Waals surface area (Å²) in [5.41, 5.74) is 2.71. The van der Waals surface area contributed by atoms with E-state index >= 15 is 0 Å². The maximum absolute atomic E-state index is 12.9. The Morgan fingerprint density at radius 1 is 0.867 bits per heavy atom. The number of hydrogen-bond donors (Lipinski definition) is 0. The number of aromatic nitrogens is 2. The summed E-state index contributed by atoms with van der Waals surface area (Å²) in [6.45, 7) is 1.91. The van der Waals surface area contributed by atoms with Crippen molar-refractivity contribution in [3.63, 3.8) is 0 Å². The fraction of sp³-hybridized carbons (Fsp3) is 0.286. The van der Waals surface area contributed by atoms with Crippen LogP contribution in [-0.2, 0) is 6.18 Å². The SMILES string of the molecule is O=C(c1ccc(-c2ccccc2)cc1)N1CCCN(c2nnc(C(F)(F)F)s2)CC1. The molecule has 2 aromatic carbocycles. The summed E-state index contributed by atoms with van der Waals surface area (Å²) >= 11 is 0.536. The van der Waals surface area contributed by atoms with E-state index in [0.717, 1.165) is 11.1 Å². The first kappa shape index (κ1) is 20.3. The fourth-order valence-electron chi connectivity index (χ4n) is 3.39. The van der Waals surface area contributed by atoms with E-state index in [2.05, 4.69) is 10.2 Å². The van der Waals surface area contributed by atoms with Gasteiger partial charge >= 0.3 is 6.18 Å². The standard InChI is InChI=1S/C21H19F3N4OS/c22-21(23,24)19-25-26-20(30-19)28-12-4-11-27(13-14-28)18(29)17-9-7-16(8-10-17)15-5-2-1-3-6-15/h1-3,5-10H,4,11-14H2. The zero-order valence-corrected chi connectivity index (χ0v) is 16.8. The van der Waals surface area contributed by atoms with Gasteiger partial charge in [0, 0.05) is 31.7 Å². The highest BCUT2D eigenvalue weighted by Crippen LogP contribution is 2.34.